The van der Waals surface area contributed by atoms with Crippen LogP contribution in [0.2, 0.25) is 0 Å². The first-order chi connectivity index (χ1) is 12.9. The molecule has 1 fully saturated rings. The van der Waals surface area contributed by atoms with Gasteiger partial charge in [-0.1, -0.05) is 6.07 Å². The third-order valence-electron chi connectivity index (χ3n) is 4.54. The number of carbonyl (C=O) groups excluding carboxylic acids is 3. The molecule has 2 aromatic rings. The lowest BCUT2D eigenvalue weighted by molar-refractivity contribution is -0.140. The van der Waals surface area contributed by atoms with Crippen molar-refractivity contribution in [1.29, 1.82) is 0 Å². The summed E-state index contributed by atoms with van der Waals surface area (Å²) >= 11 is 0. The zero-order valence-electron chi connectivity index (χ0n) is 14.6. The number of carbonyl (C=O) groups is 3. The minimum Gasteiger partial charge on any atom is -0.426 e. The fraction of sp³-hybridized carbons (Fsp3) is 0.250. The highest BCUT2D eigenvalue weighted by molar-refractivity contribution is 5.94. The second-order valence-electron chi connectivity index (χ2n) is 6.39. The van der Waals surface area contributed by atoms with Gasteiger partial charge in [0.1, 0.15) is 11.6 Å². The lowest BCUT2D eigenvalue weighted by Gasteiger charge is -2.31. The Kier molecular flexibility index (Phi) is 5.49. The molecule has 1 saturated heterocycles. The van der Waals surface area contributed by atoms with E-state index >= 15 is 0 Å². The van der Waals surface area contributed by atoms with E-state index in [4.69, 9.17) is 10.5 Å². The minimum absolute atomic E-state index is 0.184. The Bertz CT molecular complexity index is 859. The third kappa shape index (κ3) is 4.49. The van der Waals surface area contributed by atoms with Crippen LogP contribution in [0.5, 0.6) is 5.75 Å². The van der Waals surface area contributed by atoms with Gasteiger partial charge < -0.3 is 15.4 Å². The normalized spacial score (nSPS) is 14.6. The Labute approximate surface area is 155 Å². The maximum Gasteiger partial charge on any atom is 0.314 e. The number of rotatable bonds is 4. The third-order valence-corrected chi connectivity index (χ3v) is 4.54. The number of ether oxygens (including phenoxy) is 1. The lowest BCUT2D eigenvalue weighted by atomic mass is 9.96. The molecule has 0 aliphatic carbocycles. The summed E-state index contributed by atoms with van der Waals surface area (Å²) in [5.74, 6) is -1.64. The van der Waals surface area contributed by atoms with Gasteiger partial charge in [-0.25, -0.2) is 4.39 Å². The Morgan fingerprint density at radius 1 is 1.00 bits per heavy atom. The number of esters is 1. The van der Waals surface area contributed by atoms with E-state index in [1.165, 1.54) is 30.3 Å². The second-order valence-corrected chi connectivity index (χ2v) is 6.39. The molecule has 0 unspecified atom stereocenters. The molecule has 3 rings (SSSR count). The topological polar surface area (TPSA) is 89.7 Å². The van der Waals surface area contributed by atoms with Gasteiger partial charge in [0.2, 0.25) is 5.91 Å². The molecule has 7 heteroatoms. The smallest absolute Gasteiger partial charge is 0.314 e. The van der Waals surface area contributed by atoms with Gasteiger partial charge in [-0.3, -0.25) is 14.4 Å². The van der Waals surface area contributed by atoms with Gasteiger partial charge in [-0.2, -0.15) is 0 Å². The molecule has 2 N–H and O–H groups in total. The van der Waals surface area contributed by atoms with E-state index in [1.54, 1.807) is 23.1 Å². The van der Waals surface area contributed by atoms with Gasteiger partial charge in [-0.15, -0.1) is 0 Å². The van der Waals surface area contributed by atoms with Crippen LogP contribution in [0.25, 0.3) is 0 Å². The maximum atomic E-state index is 13.0. The van der Waals surface area contributed by atoms with Crippen molar-refractivity contribution in [3.63, 3.8) is 0 Å². The number of benzene rings is 2. The number of likely N-dealkylation sites (tertiary alicyclic amines) is 1. The zero-order valence-corrected chi connectivity index (χ0v) is 14.6. The van der Waals surface area contributed by atoms with E-state index in [9.17, 15) is 18.8 Å². The lowest BCUT2D eigenvalue weighted by Crippen LogP contribution is -2.41. The molecular weight excluding hydrogens is 351 g/mol. The molecule has 2 amide bonds. The van der Waals surface area contributed by atoms with Crippen molar-refractivity contribution < 1.29 is 23.5 Å². The van der Waals surface area contributed by atoms with Crippen molar-refractivity contribution in [3.05, 3.63) is 65.5 Å². The monoisotopic (exact) mass is 370 g/mol. The van der Waals surface area contributed by atoms with Crippen molar-refractivity contribution in [2.24, 2.45) is 11.7 Å². The van der Waals surface area contributed by atoms with E-state index in [0.29, 0.717) is 31.5 Å². The molecule has 6 nitrogen and oxygen atoms in total. The largest absolute Gasteiger partial charge is 0.426 e. The number of halogens is 1. The van der Waals surface area contributed by atoms with Crippen molar-refractivity contribution >= 4 is 17.8 Å². The van der Waals surface area contributed by atoms with Gasteiger partial charge in [-0.05, 0) is 55.3 Å². The number of primary amides is 1. The van der Waals surface area contributed by atoms with Crippen molar-refractivity contribution in [2.75, 3.05) is 13.1 Å². The number of hydrogen-bond acceptors (Lipinski definition) is 4. The van der Waals surface area contributed by atoms with Gasteiger partial charge in [0.15, 0.2) is 0 Å². The van der Waals surface area contributed by atoms with Gasteiger partial charge in [0.25, 0.3) is 5.91 Å². The molecule has 1 aliphatic rings. The molecule has 27 heavy (non-hydrogen) atoms. The quantitative estimate of drug-likeness (QED) is 0.661. The van der Waals surface area contributed by atoms with E-state index < -0.39 is 17.7 Å². The van der Waals surface area contributed by atoms with Crippen LogP contribution in [0, 0.1) is 11.7 Å². The molecule has 0 spiro atoms. The molecule has 0 saturated carbocycles. The first-order valence-corrected chi connectivity index (χ1v) is 8.60. The first-order valence-electron chi connectivity index (χ1n) is 8.60. The summed E-state index contributed by atoms with van der Waals surface area (Å²) in [5, 5.41) is 0. The first kappa shape index (κ1) is 18.6. The summed E-state index contributed by atoms with van der Waals surface area (Å²) in [4.78, 5) is 37.6. The van der Waals surface area contributed by atoms with Crippen LogP contribution in [0.15, 0.2) is 48.5 Å². The summed E-state index contributed by atoms with van der Waals surface area (Å²) in [6, 6.07) is 11.5. The van der Waals surface area contributed by atoms with Crippen molar-refractivity contribution in [1.82, 2.24) is 4.90 Å². The summed E-state index contributed by atoms with van der Waals surface area (Å²) < 4.78 is 18.3. The average molecular weight is 370 g/mol. The molecule has 0 atom stereocenters. The van der Waals surface area contributed by atoms with Crippen LogP contribution in [-0.2, 0) is 4.79 Å². The summed E-state index contributed by atoms with van der Waals surface area (Å²) in [6.45, 7) is 0.828. The Hall–Kier alpha value is -3.22. The van der Waals surface area contributed by atoms with Crippen LogP contribution in [-0.4, -0.2) is 35.8 Å². The predicted octanol–water partition coefficient (Wildman–Crippen LogP) is 2.38. The minimum atomic E-state index is -0.597. The molecule has 140 valence electrons. The highest BCUT2D eigenvalue weighted by Crippen LogP contribution is 2.22. The zero-order chi connectivity index (χ0) is 19.4. The maximum absolute atomic E-state index is 13.0. The Balaban J connectivity index is 1.56. The van der Waals surface area contributed by atoms with E-state index in [1.807, 2.05) is 0 Å². The molecule has 0 radical (unpaired) electrons. The molecule has 2 aromatic carbocycles. The van der Waals surface area contributed by atoms with Crippen LogP contribution in [0.1, 0.15) is 33.6 Å². The molecule has 1 aliphatic heterocycles. The van der Waals surface area contributed by atoms with E-state index in [0.717, 1.165) is 0 Å². The van der Waals surface area contributed by atoms with Crippen LogP contribution in [0.3, 0.4) is 0 Å². The van der Waals surface area contributed by atoms with Crippen LogP contribution in [0.4, 0.5) is 4.39 Å². The fourth-order valence-corrected chi connectivity index (χ4v) is 3.01. The standard InChI is InChI=1S/C20H19FN2O4/c21-16-6-4-13(5-7-16)19(25)23-10-8-14(9-11-23)20(26)27-17-3-1-2-15(12-17)18(22)24/h1-7,12,14H,8-11H2,(H2,22,24). The number of piperidine rings is 1. The fourth-order valence-electron chi connectivity index (χ4n) is 3.01. The second kappa shape index (κ2) is 7.99. The summed E-state index contributed by atoms with van der Waals surface area (Å²) in [6.07, 6.45) is 0.947. The van der Waals surface area contributed by atoms with Crippen molar-refractivity contribution in [2.45, 2.75) is 12.8 Å². The number of hydrogen-bond donors (Lipinski definition) is 1. The average Bonchev–Trinajstić information content (AvgIpc) is 2.68. The van der Waals surface area contributed by atoms with E-state index in [-0.39, 0.29) is 23.1 Å². The number of amides is 2. The van der Waals surface area contributed by atoms with Gasteiger partial charge >= 0.3 is 5.97 Å². The van der Waals surface area contributed by atoms with E-state index in [2.05, 4.69) is 0 Å². The molecule has 0 bridgehead atoms. The summed E-state index contributed by atoms with van der Waals surface area (Å²) in [7, 11) is 0. The highest BCUT2D eigenvalue weighted by Gasteiger charge is 2.29. The van der Waals surface area contributed by atoms with Gasteiger partial charge in [0.05, 0.1) is 5.92 Å². The molecular formula is C20H19FN2O4. The number of nitrogens with zero attached hydrogens (tertiary/aromatic N) is 1. The van der Waals surface area contributed by atoms with Crippen molar-refractivity contribution in [3.8, 4) is 5.75 Å². The highest BCUT2D eigenvalue weighted by atomic mass is 19.1. The Morgan fingerprint density at radius 2 is 1.67 bits per heavy atom. The SMILES string of the molecule is NC(=O)c1cccc(OC(=O)C2CCN(C(=O)c3ccc(F)cc3)CC2)c1. The summed E-state index contributed by atoms with van der Waals surface area (Å²) in [5.41, 5.74) is 5.90. The molecule has 0 aromatic heterocycles. The predicted molar refractivity (Wildman–Crippen MR) is 95.6 cm³/mol. The molecule has 1 heterocycles. The number of nitrogens with two attached hydrogens (primary N) is 1. The van der Waals surface area contributed by atoms with Gasteiger partial charge in [0, 0.05) is 24.2 Å². The Morgan fingerprint density at radius 3 is 2.30 bits per heavy atom. The van der Waals surface area contributed by atoms with Crippen LogP contribution >= 0.6 is 0 Å². The van der Waals surface area contributed by atoms with Crippen LogP contribution < -0.4 is 10.5 Å².